The first-order chi connectivity index (χ1) is 12.1. The maximum Gasteiger partial charge on any atom is 0.321 e. The van der Waals surface area contributed by atoms with Gasteiger partial charge >= 0.3 is 6.03 Å². The lowest BCUT2D eigenvalue weighted by Crippen LogP contribution is -2.42. The first kappa shape index (κ1) is 17.5. The Morgan fingerprint density at radius 2 is 2.24 bits per heavy atom. The standard InChI is InChI=1S/C16H21N5O3S/c1-3-17-15(23)18-14(22)10(2)25-16-20-19-13(11-6-7-11)21(16)9-12-5-4-8-24-12/h4-5,8,10-11H,3,6-7,9H2,1-2H3,(H2,17,18,22,23). The maximum absolute atomic E-state index is 12.1. The Morgan fingerprint density at radius 3 is 2.88 bits per heavy atom. The van der Waals surface area contributed by atoms with Crippen molar-refractivity contribution < 1.29 is 14.0 Å². The second-order valence-electron chi connectivity index (χ2n) is 5.89. The predicted molar refractivity (Wildman–Crippen MR) is 92.3 cm³/mol. The van der Waals surface area contributed by atoms with Gasteiger partial charge in [-0.15, -0.1) is 10.2 Å². The molecule has 0 aromatic carbocycles. The van der Waals surface area contributed by atoms with Crippen molar-refractivity contribution in [1.82, 2.24) is 25.4 Å². The molecule has 2 aromatic rings. The molecule has 2 aromatic heterocycles. The van der Waals surface area contributed by atoms with E-state index in [0.717, 1.165) is 24.4 Å². The van der Waals surface area contributed by atoms with Gasteiger partial charge in [0.1, 0.15) is 11.6 Å². The third-order valence-electron chi connectivity index (χ3n) is 3.81. The summed E-state index contributed by atoms with van der Waals surface area (Å²) in [6, 6.07) is 3.25. The summed E-state index contributed by atoms with van der Waals surface area (Å²) in [7, 11) is 0. The van der Waals surface area contributed by atoms with Gasteiger partial charge in [-0.2, -0.15) is 0 Å². The molecule has 1 aliphatic rings. The molecule has 134 valence electrons. The molecule has 2 heterocycles. The summed E-state index contributed by atoms with van der Waals surface area (Å²) in [5.41, 5.74) is 0. The van der Waals surface area contributed by atoms with Gasteiger partial charge in [0.25, 0.3) is 0 Å². The topological polar surface area (TPSA) is 102 Å². The fourth-order valence-electron chi connectivity index (χ4n) is 2.37. The van der Waals surface area contributed by atoms with E-state index in [1.165, 1.54) is 11.8 Å². The third-order valence-corrected chi connectivity index (χ3v) is 4.89. The van der Waals surface area contributed by atoms with Crippen molar-refractivity contribution in [2.45, 2.75) is 49.6 Å². The molecule has 1 saturated carbocycles. The zero-order chi connectivity index (χ0) is 17.8. The van der Waals surface area contributed by atoms with Crippen LogP contribution in [-0.2, 0) is 11.3 Å². The summed E-state index contributed by atoms with van der Waals surface area (Å²) in [4.78, 5) is 23.6. The molecule has 0 saturated heterocycles. The van der Waals surface area contributed by atoms with Crippen LogP contribution in [0, 0.1) is 0 Å². The van der Waals surface area contributed by atoms with Crippen LogP contribution in [0.1, 0.15) is 44.2 Å². The van der Waals surface area contributed by atoms with E-state index in [1.54, 1.807) is 20.1 Å². The van der Waals surface area contributed by atoms with E-state index in [9.17, 15) is 9.59 Å². The van der Waals surface area contributed by atoms with Crippen molar-refractivity contribution in [2.75, 3.05) is 6.54 Å². The number of hydrogen-bond acceptors (Lipinski definition) is 6. The normalized spacial score (nSPS) is 15.0. The minimum atomic E-state index is -0.490. The highest BCUT2D eigenvalue weighted by Crippen LogP contribution is 2.40. The van der Waals surface area contributed by atoms with E-state index in [2.05, 4.69) is 20.8 Å². The highest BCUT2D eigenvalue weighted by atomic mass is 32.2. The second-order valence-corrected chi connectivity index (χ2v) is 7.20. The van der Waals surface area contributed by atoms with Gasteiger partial charge in [0.05, 0.1) is 18.1 Å². The number of imide groups is 1. The van der Waals surface area contributed by atoms with Crippen LogP contribution in [-0.4, -0.2) is 38.5 Å². The van der Waals surface area contributed by atoms with E-state index < -0.39 is 11.3 Å². The zero-order valence-electron chi connectivity index (χ0n) is 14.2. The fourth-order valence-corrected chi connectivity index (χ4v) is 3.22. The number of furan rings is 1. The molecule has 0 spiro atoms. The number of hydrogen-bond donors (Lipinski definition) is 2. The molecule has 1 fully saturated rings. The van der Waals surface area contributed by atoms with E-state index in [1.807, 2.05) is 16.7 Å². The highest BCUT2D eigenvalue weighted by Gasteiger charge is 2.31. The summed E-state index contributed by atoms with van der Waals surface area (Å²) in [5, 5.41) is 13.6. The molecule has 8 nitrogen and oxygen atoms in total. The molecule has 1 unspecified atom stereocenters. The highest BCUT2D eigenvalue weighted by molar-refractivity contribution is 8.00. The SMILES string of the molecule is CCNC(=O)NC(=O)C(C)Sc1nnc(C2CC2)n1Cc1ccco1. The van der Waals surface area contributed by atoms with E-state index in [-0.39, 0.29) is 5.91 Å². The lowest BCUT2D eigenvalue weighted by atomic mass is 10.3. The van der Waals surface area contributed by atoms with Gasteiger partial charge in [-0.25, -0.2) is 4.79 Å². The van der Waals surface area contributed by atoms with Crippen molar-refractivity contribution in [1.29, 1.82) is 0 Å². The molecule has 9 heteroatoms. The molecule has 3 rings (SSSR count). The molecule has 0 radical (unpaired) electrons. The van der Waals surface area contributed by atoms with Crippen molar-refractivity contribution in [2.24, 2.45) is 0 Å². The molecule has 0 bridgehead atoms. The monoisotopic (exact) mass is 363 g/mol. The Morgan fingerprint density at radius 1 is 1.44 bits per heavy atom. The van der Waals surface area contributed by atoms with Gasteiger partial charge in [0, 0.05) is 12.5 Å². The average Bonchev–Trinajstić information content (AvgIpc) is 3.15. The lowest BCUT2D eigenvalue weighted by molar-refractivity contribution is -0.119. The third kappa shape index (κ3) is 4.41. The summed E-state index contributed by atoms with van der Waals surface area (Å²) < 4.78 is 7.43. The molecule has 1 aliphatic carbocycles. The largest absolute Gasteiger partial charge is 0.467 e. The van der Waals surface area contributed by atoms with Crippen LogP contribution < -0.4 is 10.6 Å². The second kappa shape index (κ2) is 7.73. The zero-order valence-corrected chi connectivity index (χ0v) is 15.0. The predicted octanol–water partition coefficient (Wildman–Crippen LogP) is 2.12. The number of amides is 3. The van der Waals surface area contributed by atoms with Gasteiger partial charge in [-0.3, -0.25) is 14.7 Å². The summed E-state index contributed by atoms with van der Waals surface area (Å²) >= 11 is 1.28. The van der Waals surface area contributed by atoms with Crippen molar-refractivity contribution >= 4 is 23.7 Å². The minimum Gasteiger partial charge on any atom is -0.467 e. The van der Waals surface area contributed by atoms with Crippen LogP contribution >= 0.6 is 11.8 Å². The number of carbonyl (C=O) groups is 2. The van der Waals surface area contributed by atoms with Crippen molar-refractivity contribution in [3.8, 4) is 0 Å². The van der Waals surface area contributed by atoms with Crippen LogP contribution in [0.2, 0.25) is 0 Å². The minimum absolute atomic E-state index is 0.364. The van der Waals surface area contributed by atoms with E-state index >= 15 is 0 Å². The molecule has 0 aliphatic heterocycles. The molecular formula is C16H21N5O3S. The Labute approximate surface area is 149 Å². The number of nitrogens with one attached hydrogen (secondary N) is 2. The summed E-state index contributed by atoms with van der Waals surface area (Å²) in [6.45, 7) is 4.52. The maximum atomic E-state index is 12.1. The van der Waals surface area contributed by atoms with Gasteiger partial charge in [0.15, 0.2) is 5.16 Å². The Balaban J connectivity index is 1.71. The first-order valence-corrected chi connectivity index (χ1v) is 9.17. The van der Waals surface area contributed by atoms with Crippen LogP contribution in [0.3, 0.4) is 0 Å². The Bertz CT molecular complexity index is 739. The van der Waals surface area contributed by atoms with Crippen LogP contribution in [0.25, 0.3) is 0 Å². The number of thioether (sulfide) groups is 1. The number of aromatic nitrogens is 3. The quantitative estimate of drug-likeness (QED) is 0.731. The van der Waals surface area contributed by atoms with E-state index in [4.69, 9.17) is 4.42 Å². The number of carbonyl (C=O) groups excluding carboxylic acids is 2. The average molecular weight is 363 g/mol. The molecule has 2 N–H and O–H groups in total. The van der Waals surface area contributed by atoms with Gasteiger partial charge in [-0.05, 0) is 38.8 Å². The van der Waals surface area contributed by atoms with Gasteiger partial charge < -0.3 is 9.73 Å². The molecule has 25 heavy (non-hydrogen) atoms. The van der Waals surface area contributed by atoms with Gasteiger partial charge in [-0.1, -0.05) is 11.8 Å². The molecule has 3 amide bonds. The number of urea groups is 1. The van der Waals surface area contributed by atoms with Crippen molar-refractivity contribution in [3.63, 3.8) is 0 Å². The Kier molecular flexibility index (Phi) is 5.42. The number of nitrogens with zero attached hydrogens (tertiary/aromatic N) is 3. The van der Waals surface area contributed by atoms with E-state index in [0.29, 0.717) is 24.2 Å². The van der Waals surface area contributed by atoms with Crippen LogP contribution in [0.5, 0.6) is 0 Å². The Hall–Kier alpha value is -2.29. The molecule has 1 atom stereocenters. The van der Waals surface area contributed by atoms with Crippen LogP contribution in [0.15, 0.2) is 28.0 Å². The molecular weight excluding hydrogens is 342 g/mol. The van der Waals surface area contributed by atoms with Crippen molar-refractivity contribution in [3.05, 3.63) is 30.0 Å². The first-order valence-electron chi connectivity index (χ1n) is 8.29. The van der Waals surface area contributed by atoms with Crippen LogP contribution in [0.4, 0.5) is 4.79 Å². The van der Waals surface area contributed by atoms with Gasteiger partial charge in [0.2, 0.25) is 5.91 Å². The lowest BCUT2D eigenvalue weighted by Gasteiger charge is -2.12. The fraction of sp³-hybridized carbons (Fsp3) is 0.500. The summed E-state index contributed by atoms with van der Waals surface area (Å²) in [5.74, 6) is 1.80. The number of rotatable bonds is 7. The smallest absolute Gasteiger partial charge is 0.321 e. The summed E-state index contributed by atoms with van der Waals surface area (Å²) in [6.07, 6.45) is 3.84.